The number of aromatic nitrogens is 1. The first-order valence-corrected chi connectivity index (χ1v) is 10.6. The molecule has 0 aliphatic heterocycles. The summed E-state index contributed by atoms with van der Waals surface area (Å²) in [6, 6.07) is 23.1. The van der Waals surface area contributed by atoms with Crippen LogP contribution in [0.15, 0.2) is 76.4 Å². The van der Waals surface area contributed by atoms with E-state index in [1.54, 1.807) is 6.20 Å². The van der Waals surface area contributed by atoms with Crippen molar-refractivity contribution in [2.24, 2.45) is 4.99 Å². The number of pyridine rings is 1. The van der Waals surface area contributed by atoms with Crippen molar-refractivity contribution in [3.05, 3.63) is 99.4 Å². The zero-order chi connectivity index (χ0) is 24.7. The second-order valence-corrected chi connectivity index (χ2v) is 7.94. The number of nitriles is 4. The number of fused-ring (bicyclic) bond motifs is 4. The molecule has 1 heterocycles. The molecule has 0 saturated heterocycles. The van der Waals surface area contributed by atoms with Gasteiger partial charge in [-0.25, -0.2) is 0 Å². The van der Waals surface area contributed by atoms with Crippen molar-refractivity contribution < 1.29 is 0 Å². The fourth-order valence-electron chi connectivity index (χ4n) is 4.98. The molecule has 0 radical (unpaired) electrons. The smallest absolute Gasteiger partial charge is 0.138 e. The molecule has 0 unspecified atom stereocenters. The number of benzene rings is 2. The molecule has 0 saturated carbocycles. The first kappa shape index (κ1) is 21.3. The lowest BCUT2D eigenvalue weighted by Gasteiger charge is -2.13. The highest BCUT2D eigenvalue weighted by molar-refractivity contribution is 6.12. The Balaban J connectivity index is 1.91. The van der Waals surface area contributed by atoms with Gasteiger partial charge in [0.1, 0.15) is 35.4 Å². The van der Waals surface area contributed by atoms with Crippen LogP contribution in [-0.4, -0.2) is 11.7 Å². The molecule has 2 aliphatic rings. The maximum absolute atomic E-state index is 9.61. The summed E-state index contributed by atoms with van der Waals surface area (Å²) in [5, 5.41) is 38.4. The first-order valence-electron chi connectivity index (χ1n) is 10.6. The molecule has 6 nitrogen and oxygen atoms in total. The quantitative estimate of drug-likeness (QED) is 0.281. The third-order valence-corrected chi connectivity index (χ3v) is 6.35. The first-order chi connectivity index (χ1) is 17.1. The van der Waals surface area contributed by atoms with Gasteiger partial charge in [-0.05, 0) is 41.5 Å². The SMILES string of the molecule is C=Nc1c(C2=C(C)C(=C(C#N)C#N)c3ccccc32)ncc2c1-c1ccccc1C2=C(C#N)C#N. The van der Waals surface area contributed by atoms with Crippen molar-refractivity contribution in [1.29, 1.82) is 21.0 Å². The van der Waals surface area contributed by atoms with E-state index in [0.29, 0.717) is 28.1 Å². The molecule has 35 heavy (non-hydrogen) atoms. The van der Waals surface area contributed by atoms with Crippen molar-refractivity contribution in [1.82, 2.24) is 4.98 Å². The number of aliphatic imine (C=N–C) groups is 1. The second kappa shape index (κ2) is 8.09. The lowest BCUT2D eigenvalue weighted by molar-refractivity contribution is 1.25. The summed E-state index contributed by atoms with van der Waals surface area (Å²) in [4.78, 5) is 9.12. The van der Waals surface area contributed by atoms with Gasteiger partial charge in [-0.3, -0.25) is 9.98 Å². The largest absolute Gasteiger partial charge is 0.262 e. The van der Waals surface area contributed by atoms with Gasteiger partial charge in [-0.2, -0.15) is 21.0 Å². The van der Waals surface area contributed by atoms with Crippen molar-refractivity contribution in [3.8, 4) is 35.4 Å². The average Bonchev–Trinajstić information content (AvgIpc) is 3.38. The fourth-order valence-corrected chi connectivity index (χ4v) is 4.98. The van der Waals surface area contributed by atoms with Crippen LogP contribution in [0, 0.1) is 45.3 Å². The van der Waals surface area contributed by atoms with Gasteiger partial charge in [0.25, 0.3) is 0 Å². The molecule has 0 bridgehead atoms. The monoisotopic (exact) mass is 446 g/mol. The van der Waals surface area contributed by atoms with E-state index in [1.165, 1.54) is 0 Å². The van der Waals surface area contributed by atoms with Gasteiger partial charge in [0.15, 0.2) is 0 Å². The second-order valence-electron chi connectivity index (χ2n) is 7.94. The number of allylic oxidation sites excluding steroid dienone is 4. The van der Waals surface area contributed by atoms with Crippen molar-refractivity contribution in [2.75, 3.05) is 0 Å². The van der Waals surface area contributed by atoms with E-state index in [0.717, 1.165) is 39.0 Å². The number of hydrogen-bond acceptors (Lipinski definition) is 6. The molecule has 5 rings (SSSR count). The lowest BCUT2D eigenvalue weighted by atomic mass is 9.96. The summed E-state index contributed by atoms with van der Waals surface area (Å²) in [5.41, 5.74) is 8.33. The molecule has 2 aliphatic carbocycles. The summed E-state index contributed by atoms with van der Waals surface area (Å²) in [5.74, 6) is 0. The normalized spacial score (nSPS) is 12.5. The van der Waals surface area contributed by atoms with E-state index in [9.17, 15) is 21.0 Å². The predicted octanol–water partition coefficient (Wildman–Crippen LogP) is 5.88. The Labute approximate surface area is 202 Å². The van der Waals surface area contributed by atoms with E-state index in [-0.39, 0.29) is 11.1 Å². The fraction of sp³-hybridized carbons (Fsp3) is 0.0345. The van der Waals surface area contributed by atoms with Gasteiger partial charge in [0, 0.05) is 34.0 Å². The van der Waals surface area contributed by atoms with E-state index >= 15 is 0 Å². The van der Waals surface area contributed by atoms with Crippen LogP contribution in [0.2, 0.25) is 0 Å². The lowest BCUT2D eigenvalue weighted by Crippen LogP contribution is -1.96. The Morgan fingerprint density at radius 3 is 1.83 bits per heavy atom. The summed E-state index contributed by atoms with van der Waals surface area (Å²) >= 11 is 0. The predicted molar refractivity (Wildman–Crippen MR) is 132 cm³/mol. The van der Waals surface area contributed by atoms with Crippen LogP contribution in [0.5, 0.6) is 0 Å². The van der Waals surface area contributed by atoms with Gasteiger partial charge in [-0.1, -0.05) is 48.5 Å². The maximum Gasteiger partial charge on any atom is 0.138 e. The van der Waals surface area contributed by atoms with Gasteiger partial charge in [0.2, 0.25) is 0 Å². The third kappa shape index (κ3) is 2.86. The highest BCUT2D eigenvalue weighted by Crippen LogP contribution is 2.53. The number of nitrogens with zero attached hydrogens (tertiary/aromatic N) is 6. The van der Waals surface area contributed by atoms with Gasteiger partial charge >= 0.3 is 0 Å². The van der Waals surface area contributed by atoms with Crippen LogP contribution in [0.3, 0.4) is 0 Å². The van der Waals surface area contributed by atoms with Crippen molar-refractivity contribution in [3.63, 3.8) is 0 Å². The minimum absolute atomic E-state index is 0.000252. The highest BCUT2D eigenvalue weighted by atomic mass is 14.8. The summed E-state index contributed by atoms with van der Waals surface area (Å²) in [6.07, 6.45) is 1.66. The molecule has 1 aromatic heterocycles. The van der Waals surface area contributed by atoms with Crippen LogP contribution in [0.4, 0.5) is 5.69 Å². The molecule has 6 heteroatoms. The molecule has 160 valence electrons. The molecule has 3 aromatic rings. The molecule has 0 spiro atoms. The van der Waals surface area contributed by atoms with Crippen LogP contribution in [0.25, 0.3) is 27.8 Å². The third-order valence-electron chi connectivity index (χ3n) is 6.35. The zero-order valence-electron chi connectivity index (χ0n) is 18.6. The molecule has 0 amide bonds. The molecular formula is C29H14N6. The van der Waals surface area contributed by atoms with Gasteiger partial charge in [0.05, 0.1) is 11.4 Å². The number of hydrogen-bond donors (Lipinski definition) is 0. The van der Waals surface area contributed by atoms with Crippen LogP contribution in [-0.2, 0) is 0 Å². The zero-order valence-corrected chi connectivity index (χ0v) is 18.6. The molecule has 0 fully saturated rings. The Morgan fingerprint density at radius 1 is 0.743 bits per heavy atom. The highest BCUT2D eigenvalue weighted by Gasteiger charge is 2.34. The molecule has 0 N–H and O–H groups in total. The van der Waals surface area contributed by atoms with Gasteiger partial charge < -0.3 is 0 Å². The van der Waals surface area contributed by atoms with E-state index in [2.05, 4.69) is 11.7 Å². The van der Waals surface area contributed by atoms with E-state index < -0.39 is 0 Å². The summed E-state index contributed by atoms with van der Waals surface area (Å²) in [6.45, 7) is 5.68. The molecular weight excluding hydrogens is 432 g/mol. The van der Waals surface area contributed by atoms with Crippen LogP contribution < -0.4 is 0 Å². The minimum Gasteiger partial charge on any atom is -0.262 e. The Hall–Kier alpha value is -5.56. The van der Waals surface area contributed by atoms with E-state index in [4.69, 9.17) is 4.98 Å². The average molecular weight is 446 g/mol. The summed E-state index contributed by atoms with van der Waals surface area (Å²) < 4.78 is 0. The van der Waals surface area contributed by atoms with Gasteiger partial charge in [-0.15, -0.1) is 0 Å². The summed E-state index contributed by atoms with van der Waals surface area (Å²) in [7, 11) is 0. The topological polar surface area (TPSA) is 120 Å². The van der Waals surface area contributed by atoms with E-state index in [1.807, 2.05) is 79.7 Å². The Morgan fingerprint density at radius 2 is 1.26 bits per heavy atom. The minimum atomic E-state index is 0.000252. The standard InChI is InChI=1S/C29H14N6/c1-16-24(17(11-30)12-31)19-7-3-4-8-20(19)25(16)29-28(34-2)27-22-10-6-5-9-21(22)26(18(13-32)14-33)23(27)15-35-29/h3-10,15H,2H2,1H3. The van der Waals surface area contributed by atoms with Crippen LogP contribution in [0.1, 0.15) is 34.9 Å². The maximum atomic E-state index is 9.61. The molecule has 0 atom stereocenters. The Bertz CT molecular complexity index is 1720. The number of rotatable bonds is 2. The molecule has 2 aromatic carbocycles. The van der Waals surface area contributed by atoms with Crippen molar-refractivity contribution in [2.45, 2.75) is 6.92 Å². The van der Waals surface area contributed by atoms with Crippen LogP contribution >= 0.6 is 0 Å². The van der Waals surface area contributed by atoms with Crippen molar-refractivity contribution >= 4 is 29.1 Å². The Kier molecular flexibility index (Phi) is 4.92.